The highest BCUT2D eigenvalue weighted by atomic mass is 16.7. The number of aromatic hydroxyl groups is 3. The molecule has 0 bridgehead atoms. The van der Waals surface area contributed by atoms with Crippen LogP contribution in [0.1, 0.15) is 88.1 Å². The van der Waals surface area contributed by atoms with E-state index in [1.807, 2.05) is 0 Å². The molecule has 0 amide bonds. The summed E-state index contributed by atoms with van der Waals surface area (Å²) >= 11 is 0. The van der Waals surface area contributed by atoms with Crippen LogP contribution in [0, 0.1) is 0 Å². The molecule has 0 aromatic heterocycles. The number of phenols is 3. The summed E-state index contributed by atoms with van der Waals surface area (Å²) < 4.78 is 16.8. The van der Waals surface area contributed by atoms with E-state index in [2.05, 4.69) is 0 Å². The highest BCUT2D eigenvalue weighted by Gasteiger charge is 2.54. The maximum Gasteiger partial charge on any atom is 0.316 e. The Morgan fingerprint density at radius 3 is 2.38 bits per heavy atom. The Morgan fingerprint density at radius 1 is 1.10 bits per heavy atom. The van der Waals surface area contributed by atoms with Gasteiger partial charge in [0.1, 0.15) is 23.2 Å². The third-order valence-corrected chi connectivity index (χ3v) is 8.29. The zero-order valence-electron chi connectivity index (χ0n) is 22.1. The largest absolute Gasteiger partial charge is 0.507 e. The van der Waals surface area contributed by atoms with Gasteiger partial charge in [-0.2, -0.15) is 0 Å². The predicted octanol–water partition coefficient (Wildman–Crippen LogP) is 1.26. The predicted molar refractivity (Wildman–Crippen MR) is 136 cm³/mol. The van der Waals surface area contributed by atoms with Gasteiger partial charge in [-0.1, -0.05) is 19.1 Å². The molecule has 40 heavy (non-hydrogen) atoms. The van der Waals surface area contributed by atoms with Gasteiger partial charge in [-0.25, -0.2) is 0 Å². The lowest BCUT2D eigenvalue weighted by Crippen LogP contribution is -2.52. The van der Waals surface area contributed by atoms with Crippen molar-refractivity contribution in [3.05, 3.63) is 51.6 Å². The average Bonchev–Trinajstić information content (AvgIpc) is 2.91. The molecular formula is C28H31NO11. The van der Waals surface area contributed by atoms with Crippen LogP contribution in [0.3, 0.4) is 0 Å². The Kier molecular flexibility index (Phi) is 6.87. The first-order chi connectivity index (χ1) is 18.9. The average molecular weight is 558 g/mol. The summed E-state index contributed by atoms with van der Waals surface area (Å²) in [7, 11) is 1.09. The summed E-state index contributed by atoms with van der Waals surface area (Å²) in [5.74, 6) is -6.33. The van der Waals surface area contributed by atoms with Gasteiger partial charge >= 0.3 is 5.97 Å². The molecular weight excluding hydrogens is 526 g/mol. The Morgan fingerprint density at radius 2 is 1.75 bits per heavy atom. The summed E-state index contributed by atoms with van der Waals surface area (Å²) in [6.45, 7) is 3.20. The smallest absolute Gasteiger partial charge is 0.316 e. The van der Waals surface area contributed by atoms with E-state index in [1.165, 1.54) is 18.2 Å². The first kappa shape index (κ1) is 28.0. The second-order valence-electron chi connectivity index (χ2n) is 10.5. The molecule has 0 radical (unpaired) electrons. The minimum Gasteiger partial charge on any atom is -0.507 e. The molecule has 1 heterocycles. The molecule has 7 N–H and O–H groups in total. The number of hydrogen-bond acceptors (Lipinski definition) is 12. The molecule has 7 atom stereocenters. The Labute approximate surface area is 228 Å². The first-order valence-corrected chi connectivity index (χ1v) is 12.9. The number of carbonyl (C=O) groups is 3. The molecule has 214 valence electrons. The number of aliphatic hydroxyl groups excluding tert-OH is 1. The van der Waals surface area contributed by atoms with Gasteiger partial charge in [0.05, 0.1) is 47.7 Å². The normalized spacial score (nSPS) is 31.2. The first-order valence-electron chi connectivity index (χ1n) is 12.9. The molecule has 2 aromatic carbocycles. The van der Waals surface area contributed by atoms with Crippen molar-refractivity contribution in [3.63, 3.8) is 0 Å². The standard InChI is InChI=1S/C28H31NO11/c1-4-28(37)9-14(40-15-8-12(29)22(31)10(2)39-15)17-18(21(28)27(36)38-3)26(35)19-20(25(17)34)24(33)16-11(23(19)32)6-5-7-13(16)30/h5-7,10,12,14-15,21-22,30-31,34-35,37H,4,8-9,29H2,1-3H3/t10-,12-,14+,15+,21+,22+,28-/m0/s1. The van der Waals surface area contributed by atoms with Crippen LogP contribution in [0.4, 0.5) is 0 Å². The number of rotatable bonds is 4. The second-order valence-corrected chi connectivity index (χ2v) is 10.5. The number of esters is 1. The minimum atomic E-state index is -1.87. The van der Waals surface area contributed by atoms with E-state index in [0.29, 0.717) is 0 Å². The number of ketones is 2. The van der Waals surface area contributed by atoms with Crippen molar-refractivity contribution >= 4 is 17.5 Å². The van der Waals surface area contributed by atoms with Crippen molar-refractivity contribution < 1.29 is 54.1 Å². The van der Waals surface area contributed by atoms with E-state index in [9.17, 15) is 39.9 Å². The van der Waals surface area contributed by atoms with Crippen LogP contribution in [0.15, 0.2) is 18.2 Å². The van der Waals surface area contributed by atoms with Gasteiger partial charge in [-0.3, -0.25) is 14.4 Å². The molecule has 0 spiro atoms. The maximum absolute atomic E-state index is 13.6. The van der Waals surface area contributed by atoms with Crippen molar-refractivity contribution in [2.45, 2.75) is 75.3 Å². The van der Waals surface area contributed by atoms with E-state index in [-0.39, 0.29) is 41.5 Å². The third kappa shape index (κ3) is 3.98. The summed E-state index contributed by atoms with van der Waals surface area (Å²) in [4.78, 5) is 40.2. The highest BCUT2D eigenvalue weighted by Crippen LogP contribution is 2.57. The molecule has 1 aliphatic heterocycles. The lowest BCUT2D eigenvalue weighted by atomic mass is 9.66. The van der Waals surface area contributed by atoms with Crippen LogP contribution >= 0.6 is 0 Å². The van der Waals surface area contributed by atoms with Crippen LogP contribution < -0.4 is 5.73 Å². The summed E-state index contributed by atoms with van der Waals surface area (Å²) in [5.41, 5.74) is 1.96. The van der Waals surface area contributed by atoms with Gasteiger partial charge in [0.2, 0.25) is 5.78 Å². The number of fused-ring (bicyclic) bond motifs is 3. The molecule has 0 saturated carbocycles. The highest BCUT2D eigenvalue weighted by molar-refractivity contribution is 6.31. The molecule has 5 rings (SSSR count). The Bertz CT molecular complexity index is 1410. The molecule has 12 heteroatoms. The number of benzene rings is 2. The zero-order valence-corrected chi connectivity index (χ0v) is 22.1. The second kappa shape index (κ2) is 9.82. The molecule has 3 aliphatic rings. The van der Waals surface area contributed by atoms with Crippen LogP contribution in [0.25, 0.3) is 0 Å². The van der Waals surface area contributed by atoms with Gasteiger partial charge in [-0.05, 0) is 19.4 Å². The lowest BCUT2D eigenvalue weighted by Gasteiger charge is -2.45. The van der Waals surface area contributed by atoms with Gasteiger partial charge in [0.15, 0.2) is 12.1 Å². The molecule has 0 unspecified atom stereocenters. The lowest BCUT2D eigenvalue weighted by molar-refractivity contribution is -0.249. The number of nitrogens with two attached hydrogens (primary N) is 1. The zero-order chi connectivity index (χ0) is 29.3. The van der Waals surface area contributed by atoms with Crippen molar-refractivity contribution in [2.75, 3.05) is 7.11 Å². The number of methoxy groups -OCH3 is 1. The Hall–Kier alpha value is -3.55. The number of hydrogen-bond donors (Lipinski definition) is 6. The quantitative estimate of drug-likeness (QED) is 0.198. The van der Waals surface area contributed by atoms with Crippen molar-refractivity contribution in [1.29, 1.82) is 0 Å². The molecule has 1 fully saturated rings. The van der Waals surface area contributed by atoms with Gasteiger partial charge in [0.25, 0.3) is 0 Å². The van der Waals surface area contributed by atoms with Gasteiger partial charge < -0.3 is 45.5 Å². The van der Waals surface area contributed by atoms with E-state index in [0.717, 1.165) is 7.11 Å². The van der Waals surface area contributed by atoms with E-state index >= 15 is 0 Å². The molecule has 2 aromatic rings. The monoisotopic (exact) mass is 557 g/mol. The summed E-state index contributed by atoms with van der Waals surface area (Å²) in [6, 6.07) is 3.14. The van der Waals surface area contributed by atoms with Crippen molar-refractivity contribution in [3.8, 4) is 17.2 Å². The van der Waals surface area contributed by atoms with Crippen LogP contribution in [-0.2, 0) is 19.0 Å². The van der Waals surface area contributed by atoms with Crippen LogP contribution in [0.5, 0.6) is 17.2 Å². The Balaban J connectivity index is 1.76. The number of ether oxygens (including phenoxy) is 3. The molecule has 1 saturated heterocycles. The minimum absolute atomic E-state index is 0.0207. The van der Waals surface area contributed by atoms with Crippen molar-refractivity contribution in [1.82, 2.24) is 0 Å². The topological polar surface area (TPSA) is 206 Å². The van der Waals surface area contributed by atoms with Gasteiger partial charge in [0, 0.05) is 35.6 Å². The number of phenolic OH excluding ortho intramolecular Hbond substituents is 3. The van der Waals surface area contributed by atoms with E-state index < -0.39 is 88.1 Å². The fraction of sp³-hybridized carbons (Fsp3) is 0.464. The number of aliphatic hydroxyl groups is 2. The van der Waals surface area contributed by atoms with Crippen molar-refractivity contribution in [2.24, 2.45) is 5.73 Å². The SMILES string of the molecule is CC[C@]1(O)C[C@@H](O[C@@H]2C[C@H](N)[C@H](O)[C@H](C)O2)c2c(O)c3c(c(O)c2[C@@H]1C(=O)OC)C(=O)c1cccc(O)c1C3=O. The maximum atomic E-state index is 13.6. The molecule has 2 aliphatic carbocycles. The fourth-order valence-electron chi connectivity index (χ4n) is 6.13. The third-order valence-electron chi connectivity index (χ3n) is 8.29. The fourth-order valence-corrected chi connectivity index (χ4v) is 6.13. The van der Waals surface area contributed by atoms with Crippen LogP contribution in [0.2, 0.25) is 0 Å². The summed E-state index contributed by atoms with van der Waals surface area (Å²) in [5, 5.41) is 55.4. The molecule has 12 nitrogen and oxygen atoms in total. The van der Waals surface area contributed by atoms with E-state index in [1.54, 1.807) is 13.8 Å². The number of carbonyl (C=O) groups excluding carboxylic acids is 3. The summed E-state index contributed by atoms with van der Waals surface area (Å²) in [6.07, 6.45) is -4.24. The van der Waals surface area contributed by atoms with Crippen LogP contribution in [-0.4, -0.2) is 80.3 Å². The van der Waals surface area contributed by atoms with E-state index in [4.69, 9.17) is 19.9 Å². The van der Waals surface area contributed by atoms with Gasteiger partial charge in [-0.15, -0.1) is 0 Å².